The summed E-state index contributed by atoms with van der Waals surface area (Å²) in [5, 5.41) is 8.17. The van der Waals surface area contributed by atoms with Crippen molar-refractivity contribution in [1.29, 1.82) is 0 Å². The van der Waals surface area contributed by atoms with Crippen molar-refractivity contribution in [3.63, 3.8) is 0 Å². The molecule has 1 heterocycles. The maximum Gasteiger partial charge on any atom is 0.140 e. The first-order valence-corrected chi connectivity index (χ1v) is 7.71. The number of rotatable bonds is 6. The highest BCUT2D eigenvalue weighted by Crippen LogP contribution is 2.18. The van der Waals surface area contributed by atoms with Crippen LogP contribution in [0, 0.1) is 13.8 Å². The molecule has 0 spiro atoms. The minimum Gasteiger partial charge on any atom is -0.489 e. The number of ether oxygens (including phenoxy) is 1. The molecule has 0 saturated carbocycles. The predicted octanol–water partition coefficient (Wildman–Crippen LogP) is 4.32. The molecule has 122 valence electrons. The molecule has 0 saturated heterocycles. The van der Waals surface area contributed by atoms with E-state index in [0.29, 0.717) is 6.61 Å². The normalized spacial score (nSPS) is 10.9. The van der Waals surface area contributed by atoms with Crippen LogP contribution in [0.15, 0.2) is 64.2 Å². The molecule has 1 aromatic heterocycles. The first kappa shape index (κ1) is 15.8. The topological polar surface area (TPSA) is 59.7 Å². The first-order chi connectivity index (χ1) is 11.7. The van der Waals surface area contributed by atoms with Crippen molar-refractivity contribution >= 4 is 11.9 Å². The molecule has 1 N–H and O–H groups in total. The standard InChI is InChI=1S/C19H19N3O2/c1-14-19(15(2)24-22-14)13-23-18-10-6-7-16(11-18)12-20-21-17-8-4-3-5-9-17/h3-12,21H,13H2,1-2H3. The van der Waals surface area contributed by atoms with Crippen molar-refractivity contribution in [1.82, 2.24) is 5.16 Å². The highest BCUT2D eigenvalue weighted by molar-refractivity contribution is 5.80. The van der Waals surface area contributed by atoms with Gasteiger partial charge in [0.1, 0.15) is 18.1 Å². The molecular weight excluding hydrogens is 302 g/mol. The Morgan fingerprint density at radius 3 is 2.71 bits per heavy atom. The third-order valence-electron chi connectivity index (χ3n) is 3.60. The van der Waals surface area contributed by atoms with E-state index >= 15 is 0 Å². The summed E-state index contributed by atoms with van der Waals surface area (Å²) in [6, 6.07) is 17.6. The summed E-state index contributed by atoms with van der Waals surface area (Å²) in [6.45, 7) is 4.23. The summed E-state index contributed by atoms with van der Waals surface area (Å²) in [5.74, 6) is 1.57. The Kier molecular flexibility index (Phi) is 4.91. The number of nitrogens with zero attached hydrogens (tertiary/aromatic N) is 2. The lowest BCUT2D eigenvalue weighted by Gasteiger charge is -2.06. The molecule has 5 heteroatoms. The van der Waals surface area contributed by atoms with Gasteiger partial charge in [-0.05, 0) is 43.7 Å². The fraction of sp³-hybridized carbons (Fsp3) is 0.158. The first-order valence-electron chi connectivity index (χ1n) is 7.71. The minimum absolute atomic E-state index is 0.435. The SMILES string of the molecule is Cc1noc(C)c1COc1cccc(C=NNc2ccccc2)c1. The number of nitrogens with one attached hydrogen (secondary N) is 1. The Bertz CT molecular complexity index is 806. The van der Waals surface area contributed by atoms with E-state index < -0.39 is 0 Å². The maximum absolute atomic E-state index is 5.84. The molecule has 0 unspecified atom stereocenters. The van der Waals surface area contributed by atoms with E-state index in [0.717, 1.165) is 34.0 Å². The second-order valence-electron chi connectivity index (χ2n) is 5.40. The van der Waals surface area contributed by atoms with E-state index in [9.17, 15) is 0 Å². The Balaban J connectivity index is 1.61. The number of benzene rings is 2. The van der Waals surface area contributed by atoms with Crippen LogP contribution >= 0.6 is 0 Å². The number of aromatic nitrogens is 1. The molecule has 3 rings (SSSR count). The lowest BCUT2D eigenvalue weighted by Crippen LogP contribution is -1.98. The van der Waals surface area contributed by atoms with E-state index in [4.69, 9.17) is 9.26 Å². The summed E-state index contributed by atoms with van der Waals surface area (Å²) in [7, 11) is 0. The number of hydrazone groups is 1. The summed E-state index contributed by atoms with van der Waals surface area (Å²) >= 11 is 0. The molecule has 0 aliphatic carbocycles. The monoisotopic (exact) mass is 321 g/mol. The van der Waals surface area contributed by atoms with Gasteiger partial charge in [0.05, 0.1) is 23.2 Å². The Morgan fingerprint density at radius 2 is 1.96 bits per heavy atom. The number of hydrogen-bond acceptors (Lipinski definition) is 5. The molecule has 2 aromatic carbocycles. The van der Waals surface area contributed by atoms with Gasteiger partial charge in [-0.3, -0.25) is 5.43 Å². The van der Waals surface area contributed by atoms with E-state index in [1.54, 1.807) is 6.21 Å². The maximum atomic E-state index is 5.84. The summed E-state index contributed by atoms with van der Waals surface area (Å²) < 4.78 is 11.0. The molecule has 0 bridgehead atoms. The second-order valence-corrected chi connectivity index (χ2v) is 5.40. The summed E-state index contributed by atoms with van der Waals surface area (Å²) in [6.07, 6.45) is 1.76. The van der Waals surface area contributed by atoms with Crippen LogP contribution in [0.4, 0.5) is 5.69 Å². The van der Waals surface area contributed by atoms with Crippen molar-refractivity contribution in [2.75, 3.05) is 5.43 Å². The second kappa shape index (κ2) is 7.46. The van der Waals surface area contributed by atoms with Crippen molar-refractivity contribution in [2.45, 2.75) is 20.5 Å². The van der Waals surface area contributed by atoms with Crippen LogP contribution in [-0.2, 0) is 6.61 Å². The predicted molar refractivity (Wildman–Crippen MR) is 94.4 cm³/mol. The lowest BCUT2D eigenvalue weighted by atomic mass is 10.2. The molecule has 24 heavy (non-hydrogen) atoms. The molecule has 0 atom stereocenters. The van der Waals surface area contributed by atoms with Gasteiger partial charge in [0.2, 0.25) is 0 Å². The van der Waals surface area contributed by atoms with Crippen LogP contribution in [0.3, 0.4) is 0 Å². The van der Waals surface area contributed by atoms with Gasteiger partial charge in [-0.2, -0.15) is 5.10 Å². The summed E-state index contributed by atoms with van der Waals surface area (Å²) in [4.78, 5) is 0. The van der Waals surface area contributed by atoms with Crippen molar-refractivity contribution in [2.24, 2.45) is 5.10 Å². The summed E-state index contributed by atoms with van der Waals surface area (Å²) in [5.41, 5.74) is 6.73. The molecule has 3 aromatic rings. The Labute approximate surface area is 140 Å². The van der Waals surface area contributed by atoms with E-state index in [2.05, 4.69) is 15.7 Å². The molecule has 0 radical (unpaired) electrons. The zero-order valence-corrected chi connectivity index (χ0v) is 13.7. The van der Waals surface area contributed by atoms with Crippen LogP contribution in [0.5, 0.6) is 5.75 Å². The van der Waals surface area contributed by atoms with Gasteiger partial charge >= 0.3 is 0 Å². The fourth-order valence-electron chi connectivity index (χ4n) is 2.24. The molecule has 0 aliphatic heterocycles. The minimum atomic E-state index is 0.435. The van der Waals surface area contributed by atoms with Crippen LogP contribution in [-0.4, -0.2) is 11.4 Å². The van der Waals surface area contributed by atoms with Gasteiger partial charge in [-0.1, -0.05) is 35.5 Å². The Morgan fingerprint density at radius 1 is 1.12 bits per heavy atom. The number of aryl methyl sites for hydroxylation is 2. The highest BCUT2D eigenvalue weighted by atomic mass is 16.5. The van der Waals surface area contributed by atoms with Crippen LogP contribution in [0.25, 0.3) is 0 Å². The molecule has 5 nitrogen and oxygen atoms in total. The van der Waals surface area contributed by atoms with Crippen LogP contribution in [0.1, 0.15) is 22.6 Å². The highest BCUT2D eigenvalue weighted by Gasteiger charge is 2.09. The van der Waals surface area contributed by atoms with E-state index in [1.165, 1.54) is 0 Å². The van der Waals surface area contributed by atoms with Crippen molar-refractivity contribution in [3.05, 3.63) is 77.2 Å². The van der Waals surface area contributed by atoms with E-state index in [1.807, 2.05) is 68.4 Å². The van der Waals surface area contributed by atoms with Gasteiger partial charge < -0.3 is 9.26 Å². The van der Waals surface area contributed by atoms with Gasteiger partial charge in [0.15, 0.2) is 0 Å². The van der Waals surface area contributed by atoms with Gasteiger partial charge in [0, 0.05) is 0 Å². The molecule has 0 fully saturated rings. The number of anilines is 1. The van der Waals surface area contributed by atoms with Crippen LogP contribution in [0.2, 0.25) is 0 Å². The molecular formula is C19H19N3O2. The fourth-order valence-corrected chi connectivity index (χ4v) is 2.24. The Hall–Kier alpha value is -3.08. The van der Waals surface area contributed by atoms with Gasteiger partial charge in [0.25, 0.3) is 0 Å². The number of para-hydroxylation sites is 1. The van der Waals surface area contributed by atoms with Crippen LogP contribution < -0.4 is 10.2 Å². The largest absolute Gasteiger partial charge is 0.489 e. The lowest BCUT2D eigenvalue weighted by molar-refractivity contribution is 0.301. The smallest absolute Gasteiger partial charge is 0.140 e. The number of hydrogen-bond donors (Lipinski definition) is 1. The third-order valence-corrected chi connectivity index (χ3v) is 3.60. The van der Waals surface area contributed by atoms with Crippen molar-refractivity contribution in [3.8, 4) is 5.75 Å². The van der Waals surface area contributed by atoms with Crippen molar-refractivity contribution < 1.29 is 9.26 Å². The average Bonchev–Trinajstić information content (AvgIpc) is 2.93. The van der Waals surface area contributed by atoms with Gasteiger partial charge in [-0.15, -0.1) is 0 Å². The average molecular weight is 321 g/mol. The third kappa shape index (κ3) is 4.01. The molecule has 0 aliphatic rings. The van der Waals surface area contributed by atoms with Gasteiger partial charge in [-0.25, -0.2) is 0 Å². The quantitative estimate of drug-likeness (QED) is 0.543. The molecule has 0 amide bonds. The van der Waals surface area contributed by atoms with E-state index in [-0.39, 0.29) is 0 Å². The zero-order chi connectivity index (χ0) is 16.8. The zero-order valence-electron chi connectivity index (χ0n) is 13.7.